The van der Waals surface area contributed by atoms with Gasteiger partial charge in [0.05, 0.1) is 0 Å². The first-order chi connectivity index (χ1) is 5.72. The Balaban J connectivity index is 2.72. The zero-order chi connectivity index (χ0) is 8.97. The van der Waals surface area contributed by atoms with Gasteiger partial charge in [0.2, 0.25) is 0 Å². The molecule has 0 atom stereocenters. The summed E-state index contributed by atoms with van der Waals surface area (Å²) >= 11 is 3.33. The summed E-state index contributed by atoms with van der Waals surface area (Å²) in [6.45, 7) is 0. The van der Waals surface area contributed by atoms with E-state index in [0.717, 1.165) is 16.5 Å². The largest absolute Gasteiger partial charge is 0.456 e. The van der Waals surface area contributed by atoms with Gasteiger partial charge < -0.3 is 10.0 Å². The Morgan fingerprint density at radius 1 is 1.25 bits per heavy atom. The summed E-state index contributed by atoms with van der Waals surface area (Å²) in [4.78, 5) is 0. The first-order valence-electron chi connectivity index (χ1n) is 3.72. The highest BCUT2D eigenvalue weighted by Crippen LogP contribution is 2.09. The van der Waals surface area contributed by atoms with E-state index in [1.807, 2.05) is 24.3 Å². The third-order valence-corrected chi connectivity index (χ3v) is 2.21. The van der Waals surface area contributed by atoms with E-state index in [0.29, 0.717) is 6.32 Å². The molecule has 1 aromatic carbocycles. The second-order valence-corrected chi connectivity index (χ2v) is 3.20. The molecule has 2 nitrogen and oxygen atoms in total. The van der Waals surface area contributed by atoms with Crippen molar-refractivity contribution in [3.63, 3.8) is 0 Å². The van der Waals surface area contributed by atoms with E-state index in [2.05, 4.69) is 15.9 Å². The van der Waals surface area contributed by atoms with Crippen molar-refractivity contribution >= 4 is 23.0 Å². The smallest absolute Gasteiger partial charge is 0.427 e. The second-order valence-electron chi connectivity index (χ2n) is 2.64. The fourth-order valence-corrected chi connectivity index (χ4v) is 1.40. The molecule has 0 aliphatic carbocycles. The Kier molecular flexibility index (Phi) is 3.78. The zero-order valence-corrected chi connectivity index (χ0v) is 8.16. The number of rotatable bonds is 3. The lowest BCUT2D eigenvalue weighted by atomic mass is 9.82. The topological polar surface area (TPSA) is 40.5 Å². The second kappa shape index (κ2) is 4.65. The number of hydrogen-bond donors (Lipinski definition) is 2. The molecule has 0 aromatic heterocycles. The third-order valence-electron chi connectivity index (χ3n) is 1.56. The van der Waals surface area contributed by atoms with Crippen LogP contribution in [0.25, 0.3) is 0 Å². The van der Waals surface area contributed by atoms with E-state index in [9.17, 15) is 0 Å². The van der Waals surface area contributed by atoms with E-state index < -0.39 is 7.12 Å². The highest BCUT2D eigenvalue weighted by Gasteiger charge is 2.07. The lowest BCUT2D eigenvalue weighted by Gasteiger charge is -2.01. The van der Waals surface area contributed by atoms with Crippen molar-refractivity contribution in [1.29, 1.82) is 0 Å². The maximum absolute atomic E-state index is 8.71. The van der Waals surface area contributed by atoms with Crippen LogP contribution in [-0.4, -0.2) is 17.2 Å². The first-order valence-corrected chi connectivity index (χ1v) is 4.84. The molecule has 0 fully saturated rings. The van der Waals surface area contributed by atoms with E-state index in [1.54, 1.807) is 0 Å². The molecule has 2 N–H and O–H groups in total. The summed E-state index contributed by atoms with van der Waals surface area (Å²) in [6.07, 6.45) is 0.292. The normalized spacial score (nSPS) is 9.92. The van der Waals surface area contributed by atoms with Gasteiger partial charge in [0.1, 0.15) is 0 Å². The van der Waals surface area contributed by atoms with E-state index in [-0.39, 0.29) is 0 Å². The van der Waals surface area contributed by atoms with Crippen molar-refractivity contribution in [2.75, 3.05) is 0 Å². The molecule has 4 heteroatoms. The molecule has 0 bridgehead atoms. The van der Waals surface area contributed by atoms with Gasteiger partial charge in [-0.2, -0.15) is 0 Å². The summed E-state index contributed by atoms with van der Waals surface area (Å²) in [5, 5.41) is 18.2. The van der Waals surface area contributed by atoms with Crippen molar-refractivity contribution in [3.05, 3.63) is 35.4 Å². The molecule has 0 saturated heterocycles. The number of alkyl halides is 1. The summed E-state index contributed by atoms with van der Waals surface area (Å²) < 4.78 is 0. The van der Waals surface area contributed by atoms with E-state index >= 15 is 0 Å². The maximum Gasteiger partial charge on any atom is 0.456 e. The molecule has 12 heavy (non-hydrogen) atoms. The minimum absolute atomic E-state index is 0.292. The van der Waals surface area contributed by atoms with Crippen molar-refractivity contribution in [2.45, 2.75) is 11.7 Å². The predicted octanol–water partition coefficient (Wildman–Crippen LogP) is 1.14. The molecule has 1 aromatic rings. The minimum Gasteiger partial charge on any atom is -0.427 e. The van der Waals surface area contributed by atoms with Crippen LogP contribution in [0.2, 0.25) is 0 Å². The van der Waals surface area contributed by atoms with Gasteiger partial charge in [-0.05, 0) is 11.1 Å². The molecule has 0 heterocycles. The van der Waals surface area contributed by atoms with Gasteiger partial charge in [-0.15, -0.1) is 0 Å². The van der Waals surface area contributed by atoms with Gasteiger partial charge in [0, 0.05) is 11.7 Å². The van der Waals surface area contributed by atoms with Gasteiger partial charge in [0.25, 0.3) is 0 Å². The minimum atomic E-state index is -1.25. The summed E-state index contributed by atoms with van der Waals surface area (Å²) in [6, 6.07) is 7.73. The molecule has 0 aliphatic heterocycles. The molecule has 64 valence electrons. The van der Waals surface area contributed by atoms with Crippen LogP contribution in [0.1, 0.15) is 11.1 Å². The molecule has 0 amide bonds. The summed E-state index contributed by atoms with van der Waals surface area (Å²) in [7, 11) is -1.25. The van der Waals surface area contributed by atoms with Crippen LogP contribution in [0.3, 0.4) is 0 Å². The monoisotopic (exact) mass is 228 g/mol. The lowest BCUT2D eigenvalue weighted by Crippen LogP contribution is -2.15. The summed E-state index contributed by atoms with van der Waals surface area (Å²) in [5.74, 6) is 0. The van der Waals surface area contributed by atoms with Crippen LogP contribution >= 0.6 is 15.9 Å². The molecule has 0 radical (unpaired) electrons. The van der Waals surface area contributed by atoms with Crippen LogP contribution in [0.15, 0.2) is 24.3 Å². The molecular formula is C8H10BBrO2. The van der Waals surface area contributed by atoms with Crippen LogP contribution in [-0.2, 0) is 11.7 Å². The molecule has 0 spiro atoms. The average molecular weight is 229 g/mol. The quantitative estimate of drug-likeness (QED) is 0.602. The molecule has 1 rings (SSSR count). The Hall–Kier alpha value is -0.315. The lowest BCUT2D eigenvalue weighted by molar-refractivity contribution is 0.405. The van der Waals surface area contributed by atoms with E-state index in [4.69, 9.17) is 10.0 Å². The third kappa shape index (κ3) is 2.97. The van der Waals surface area contributed by atoms with Gasteiger partial charge in [-0.25, -0.2) is 0 Å². The maximum atomic E-state index is 8.71. The zero-order valence-electron chi connectivity index (χ0n) is 6.57. The van der Waals surface area contributed by atoms with Gasteiger partial charge in [-0.1, -0.05) is 40.2 Å². The first kappa shape index (κ1) is 9.77. The fraction of sp³-hybridized carbons (Fsp3) is 0.250. The number of halogens is 1. The number of benzene rings is 1. The van der Waals surface area contributed by atoms with Gasteiger partial charge in [-0.3, -0.25) is 0 Å². The summed E-state index contributed by atoms with van der Waals surface area (Å²) in [5.41, 5.74) is 2.09. The van der Waals surface area contributed by atoms with Crippen LogP contribution in [0.5, 0.6) is 0 Å². The van der Waals surface area contributed by atoms with Crippen molar-refractivity contribution in [1.82, 2.24) is 0 Å². The van der Waals surface area contributed by atoms with E-state index in [1.165, 1.54) is 0 Å². The average Bonchev–Trinajstić information content (AvgIpc) is 2.03. The van der Waals surface area contributed by atoms with Crippen molar-refractivity contribution < 1.29 is 10.0 Å². The Labute approximate surface area is 80.5 Å². The highest BCUT2D eigenvalue weighted by molar-refractivity contribution is 9.08. The molecule has 0 aliphatic rings. The Morgan fingerprint density at radius 2 is 1.92 bits per heavy atom. The fourth-order valence-electron chi connectivity index (χ4n) is 1.05. The van der Waals surface area contributed by atoms with Gasteiger partial charge >= 0.3 is 7.12 Å². The molecular weight excluding hydrogens is 219 g/mol. The molecule has 0 unspecified atom stereocenters. The van der Waals surface area contributed by atoms with Crippen molar-refractivity contribution in [3.8, 4) is 0 Å². The van der Waals surface area contributed by atoms with Crippen LogP contribution in [0.4, 0.5) is 0 Å². The molecule has 0 saturated carbocycles. The van der Waals surface area contributed by atoms with Gasteiger partial charge in [0.15, 0.2) is 0 Å². The Bertz CT molecular complexity index is 253. The van der Waals surface area contributed by atoms with Crippen LogP contribution in [0, 0.1) is 0 Å². The standard InChI is InChI=1S/C8H10BBrO2/c10-6-8-3-1-2-7(4-8)5-9(11)12/h1-4,11-12H,5-6H2. The Morgan fingerprint density at radius 3 is 2.50 bits per heavy atom. The van der Waals surface area contributed by atoms with Crippen LogP contribution < -0.4 is 0 Å². The highest BCUT2D eigenvalue weighted by atomic mass is 79.9. The predicted molar refractivity (Wildman–Crippen MR) is 53.0 cm³/mol. The van der Waals surface area contributed by atoms with Crippen molar-refractivity contribution in [2.24, 2.45) is 0 Å². The number of hydrogen-bond acceptors (Lipinski definition) is 2. The SMILES string of the molecule is OB(O)Cc1cccc(CBr)c1.